The third-order valence-corrected chi connectivity index (χ3v) is 2.36. The van der Waals surface area contributed by atoms with Crippen molar-refractivity contribution in [1.29, 1.82) is 0 Å². The molecule has 0 aliphatic rings. The van der Waals surface area contributed by atoms with Crippen LogP contribution in [0, 0.1) is 0 Å². The second kappa shape index (κ2) is 4.91. The van der Waals surface area contributed by atoms with E-state index in [0.717, 1.165) is 24.1 Å². The first-order valence-corrected chi connectivity index (χ1v) is 5.25. The maximum Gasteiger partial charge on any atom is 0.181 e. The molecule has 0 fully saturated rings. The number of nitrogens with zero attached hydrogens (tertiary/aromatic N) is 2. The first kappa shape index (κ1) is 11.7. The molecule has 0 aliphatic carbocycles. The van der Waals surface area contributed by atoms with Crippen molar-refractivity contribution in [3.8, 4) is 0 Å². The molecular formula is C12H18N2O. The summed E-state index contributed by atoms with van der Waals surface area (Å²) in [6.07, 6.45) is 2.14. The van der Waals surface area contributed by atoms with E-state index in [1.54, 1.807) is 4.68 Å². The lowest BCUT2D eigenvalue weighted by Crippen LogP contribution is -2.06. The van der Waals surface area contributed by atoms with E-state index in [0.29, 0.717) is 12.1 Å². The van der Waals surface area contributed by atoms with Gasteiger partial charge in [-0.3, -0.25) is 9.48 Å². The van der Waals surface area contributed by atoms with E-state index in [2.05, 4.69) is 11.7 Å². The minimum atomic E-state index is 0.146. The molecule has 0 radical (unpaired) electrons. The topological polar surface area (TPSA) is 34.9 Å². The largest absolute Gasteiger partial charge is 0.292 e. The van der Waals surface area contributed by atoms with E-state index in [9.17, 15) is 4.79 Å². The quantitative estimate of drug-likeness (QED) is 0.548. The fourth-order valence-corrected chi connectivity index (χ4v) is 1.42. The van der Waals surface area contributed by atoms with Gasteiger partial charge in [0.15, 0.2) is 5.78 Å². The van der Waals surface area contributed by atoms with Crippen LogP contribution in [-0.4, -0.2) is 15.6 Å². The first-order valence-electron chi connectivity index (χ1n) is 5.25. The number of carbonyl (C=O) groups is 1. The van der Waals surface area contributed by atoms with Crippen molar-refractivity contribution in [2.75, 3.05) is 0 Å². The summed E-state index contributed by atoms with van der Waals surface area (Å²) >= 11 is 0. The Bertz CT molecular complexity index is 377. The van der Waals surface area contributed by atoms with Gasteiger partial charge in [-0.2, -0.15) is 5.10 Å². The van der Waals surface area contributed by atoms with Gasteiger partial charge in [0.1, 0.15) is 5.69 Å². The fraction of sp³-hybridized carbons (Fsp3) is 0.500. The molecule has 0 spiro atoms. The Morgan fingerprint density at radius 1 is 1.53 bits per heavy atom. The Balaban J connectivity index is 2.72. The standard InChI is InChI=1S/C12H18N2O/c1-5-10-8-11(14(4)13-10)12(15)7-6-9(2)3/h8H,2,5-7H2,1,3-4H3. The highest BCUT2D eigenvalue weighted by Gasteiger charge is 2.11. The van der Waals surface area contributed by atoms with Crippen LogP contribution in [0.3, 0.4) is 0 Å². The highest BCUT2D eigenvalue weighted by atomic mass is 16.1. The van der Waals surface area contributed by atoms with Gasteiger partial charge < -0.3 is 0 Å². The van der Waals surface area contributed by atoms with Crippen LogP contribution in [-0.2, 0) is 13.5 Å². The van der Waals surface area contributed by atoms with E-state index >= 15 is 0 Å². The van der Waals surface area contributed by atoms with Gasteiger partial charge in [0, 0.05) is 13.5 Å². The van der Waals surface area contributed by atoms with Gasteiger partial charge in [-0.1, -0.05) is 12.5 Å². The molecule has 1 aromatic heterocycles. The van der Waals surface area contributed by atoms with Crippen LogP contribution in [0.1, 0.15) is 42.9 Å². The van der Waals surface area contributed by atoms with Gasteiger partial charge in [-0.25, -0.2) is 0 Å². The smallest absolute Gasteiger partial charge is 0.181 e. The van der Waals surface area contributed by atoms with Crippen LogP contribution in [0.5, 0.6) is 0 Å². The summed E-state index contributed by atoms with van der Waals surface area (Å²) in [5.41, 5.74) is 2.71. The Labute approximate surface area is 90.8 Å². The van der Waals surface area contributed by atoms with Gasteiger partial charge in [-0.05, 0) is 25.8 Å². The van der Waals surface area contributed by atoms with Crippen LogP contribution in [0.25, 0.3) is 0 Å². The summed E-state index contributed by atoms with van der Waals surface area (Å²) in [4.78, 5) is 11.8. The van der Waals surface area contributed by atoms with Gasteiger partial charge >= 0.3 is 0 Å². The van der Waals surface area contributed by atoms with Crippen molar-refractivity contribution < 1.29 is 4.79 Å². The lowest BCUT2D eigenvalue weighted by Gasteiger charge is -2.00. The zero-order chi connectivity index (χ0) is 11.4. The third kappa shape index (κ3) is 3.05. The molecular weight excluding hydrogens is 188 g/mol. The molecule has 0 amide bonds. The lowest BCUT2D eigenvalue weighted by molar-refractivity contribution is 0.0973. The zero-order valence-electron chi connectivity index (χ0n) is 9.71. The lowest BCUT2D eigenvalue weighted by atomic mass is 10.1. The average molecular weight is 206 g/mol. The molecule has 15 heavy (non-hydrogen) atoms. The van der Waals surface area contributed by atoms with E-state index in [-0.39, 0.29) is 5.78 Å². The maximum atomic E-state index is 11.8. The Hall–Kier alpha value is -1.38. The van der Waals surface area contributed by atoms with E-state index in [1.807, 2.05) is 27.0 Å². The van der Waals surface area contributed by atoms with Crippen molar-refractivity contribution in [1.82, 2.24) is 9.78 Å². The number of rotatable bonds is 5. The van der Waals surface area contributed by atoms with E-state index in [1.165, 1.54) is 0 Å². The molecule has 0 saturated carbocycles. The van der Waals surface area contributed by atoms with E-state index in [4.69, 9.17) is 0 Å². The van der Waals surface area contributed by atoms with Crippen molar-refractivity contribution in [2.24, 2.45) is 7.05 Å². The minimum Gasteiger partial charge on any atom is -0.292 e. The fourth-order valence-electron chi connectivity index (χ4n) is 1.42. The molecule has 3 nitrogen and oxygen atoms in total. The number of carbonyl (C=O) groups excluding carboxylic acids is 1. The Morgan fingerprint density at radius 3 is 2.67 bits per heavy atom. The second-order valence-corrected chi connectivity index (χ2v) is 3.88. The Morgan fingerprint density at radius 2 is 2.20 bits per heavy atom. The predicted octanol–water partition coefficient (Wildman–Crippen LogP) is 2.52. The second-order valence-electron chi connectivity index (χ2n) is 3.88. The summed E-state index contributed by atoms with van der Waals surface area (Å²) < 4.78 is 1.67. The average Bonchev–Trinajstić information content (AvgIpc) is 2.56. The summed E-state index contributed by atoms with van der Waals surface area (Å²) in [6.45, 7) is 7.76. The SMILES string of the molecule is C=C(C)CCC(=O)c1cc(CC)nn1C. The minimum absolute atomic E-state index is 0.146. The number of aryl methyl sites for hydroxylation is 2. The number of ketones is 1. The van der Waals surface area contributed by atoms with E-state index < -0.39 is 0 Å². The molecule has 0 aromatic carbocycles. The Kier molecular flexibility index (Phi) is 3.83. The summed E-state index contributed by atoms with van der Waals surface area (Å²) in [6, 6.07) is 1.88. The van der Waals surface area contributed by atoms with Gasteiger partial charge in [0.05, 0.1) is 5.69 Å². The number of Topliss-reactive ketones (excluding diaryl/α,β-unsaturated/α-hetero) is 1. The maximum absolute atomic E-state index is 11.8. The number of hydrogen-bond acceptors (Lipinski definition) is 2. The van der Waals surface area contributed by atoms with Crippen LogP contribution in [0.2, 0.25) is 0 Å². The number of allylic oxidation sites excluding steroid dienone is 1. The van der Waals surface area contributed by atoms with Crippen molar-refractivity contribution >= 4 is 5.78 Å². The molecule has 0 unspecified atom stereocenters. The van der Waals surface area contributed by atoms with Crippen molar-refractivity contribution in [2.45, 2.75) is 33.1 Å². The number of hydrogen-bond donors (Lipinski definition) is 0. The molecule has 0 bridgehead atoms. The van der Waals surface area contributed by atoms with Crippen molar-refractivity contribution in [3.63, 3.8) is 0 Å². The molecule has 1 heterocycles. The van der Waals surface area contributed by atoms with Gasteiger partial charge in [-0.15, -0.1) is 6.58 Å². The van der Waals surface area contributed by atoms with Crippen LogP contribution in [0.4, 0.5) is 0 Å². The first-order chi connectivity index (χ1) is 7.04. The highest BCUT2D eigenvalue weighted by Crippen LogP contribution is 2.10. The molecule has 3 heteroatoms. The number of aromatic nitrogens is 2. The normalized spacial score (nSPS) is 10.3. The molecule has 0 aliphatic heterocycles. The molecule has 0 atom stereocenters. The van der Waals surface area contributed by atoms with Crippen LogP contribution < -0.4 is 0 Å². The third-order valence-electron chi connectivity index (χ3n) is 2.36. The van der Waals surface area contributed by atoms with Crippen LogP contribution in [0.15, 0.2) is 18.2 Å². The summed E-state index contributed by atoms with van der Waals surface area (Å²) in [5, 5.41) is 4.25. The monoisotopic (exact) mass is 206 g/mol. The zero-order valence-corrected chi connectivity index (χ0v) is 9.71. The summed E-state index contributed by atoms with van der Waals surface area (Å²) in [7, 11) is 1.81. The molecule has 82 valence electrons. The van der Waals surface area contributed by atoms with Gasteiger partial charge in [0.25, 0.3) is 0 Å². The summed E-state index contributed by atoms with van der Waals surface area (Å²) in [5.74, 6) is 0.146. The molecule has 0 saturated heterocycles. The molecule has 1 aromatic rings. The molecule has 0 N–H and O–H groups in total. The highest BCUT2D eigenvalue weighted by molar-refractivity contribution is 5.94. The van der Waals surface area contributed by atoms with Crippen molar-refractivity contribution in [3.05, 3.63) is 29.6 Å². The predicted molar refractivity (Wildman–Crippen MR) is 61.0 cm³/mol. The molecule has 1 rings (SSSR count). The van der Waals surface area contributed by atoms with Crippen LogP contribution >= 0.6 is 0 Å². The van der Waals surface area contributed by atoms with Gasteiger partial charge in [0.2, 0.25) is 0 Å².